The maximum Gasteiger partial charge on any atom is 0.0664 e. The Balaban J connectivity index is 1.79. The average molecular weight is 265 g/mol. The summed E-state index contributed by atoms with van der Waals surface area (Å²) in [5.41, 5.74) is 1.49. The molecule has 0 spiro atoms. The maximum atomic E-state index is 5.90. The lowest BCUT2D eigenvalue weighted by Crippen LogP contribution is -2.36. The quantitative estimate of drug-likeness (QED) is 0.889. The predicted molar refractivity (Wildman–Crippen MR) is 76.9 cm³/mol. The molecule has 0 aliphatic carbocycles. The van der Waals surface area contributed by atoms with Crippen molar-refractivity contribution in [3.8, 4) is 0 Å². The molecule has 0 radical (unpaired) electrons. The van der Waals surface area contributed by atoms with Crippen LogP contribution in [0.25, 0.3) is 0 Å². The summed E-state index contributed by atoms with van der Waals surface area (Å²) in [6, 6.07) is 0. The minimum Gasteiger partial charge on any atom is -0.377 e. The fourth-order valence-electron chi connectivity index (χ4n) is 2.87. The summed E-state index contributed by atoms with van der Waals surface area (Å²) < 4.78 is 7.86. The Kier molecular flexibility index (Phi) is 4.63. The highest BCUT2D eigenvalue weighted by Crippen LogP contribution is 2.34. The highest BCUT2D eigenvalue weighted by Gasteiger charge is 2.36. The maximum absolute atomic E-state index is 5.90. The smallest absolute Gasteiger partial charge is 0.0664 e. The zero-order valence-electron chi connectivity index (χ0n) is 12.6. The van der Waals surface area contributed by atoms with Crippen LogP contribution in [-0.2, 0) is 17.8 Å². The van der Waals surface area contributed by atoms with E-state index in [9.17, 15) is 0 Å². The summed E-state index contributed by atoms with van der Waals surface area (Å²) >= 11 is 0. The molecule has 1 fully saturated rings. The molecule has 0 bridgehead atoms. The Labute approximate surface area is 116 Å². The van der Waals surface area contributed by atoms with Crippen LogP contribution in [-0.4, -0.2) is 29.0 Å². The van der Waals surface area contributed by atoms with Crippen molar-refractivity contribution in [2.24, 2.45) is 11.3 Å². The highest BCUT2D eigenvalue weighted by atomic mass is 16.5. The summed E-state index contributed by atoms with van der Waals surface area (Å²) in [5.74, 6) is 0.626. The lowest BCUT2D eigenvalue weighted by atomic mass is 9.81. The molecular formula is C15H27N3O. The van der Waals surface area contributed by atoms with Crippen molar-refractivity contribution in [2.45, 2.75) is 53.3 Å². The molecular weight excluding hydrogens is 238 g/mol. The Hall–Kier alpha value is -0.870. The first-order valence-electron chi connectivity index (χ1n) is 7.34. The van der Waals surface area contributed by atoms with Crippen molar-refractivity contribution in [3.05, 3.63) is 18.0 Å². The van der Waals surface area contributed by atoms with E-state index in [0.717, 1.165) is 26.2 Å². The number of aromatic nitrogens is 2. The first kappa shape index (κ1) is 14.5. The molecule has 1 aromatic heterocycles. The van der Waals surface area contributed by atoms with Gasteiger partial charge in [0, 0.05) is 43.9 Å². The number of rotatable bonds is 5. The van der Waals surface area contributed by atoms with Gasteiger partial charge in [-0.15, -0.1) is 0 Å². The van der Waals surface area contributed by atoms with E-state index in [1.54, 1.807) is 0 Å². The minimum absolute atomic E-state index is 0.232. The van der Waals surface area contributed by atoms with Crippen LogP contribution in [0.15, 0.2) is 12.4 Å². The Morgan fingerprint density at radius 1 is 1.47 bits per heavy atom. The van der Waals surface area contributed by atoms with Crippen molar-refractivity contribution < 1.29 is 4.74 Å². The Bertz CT molecular complexity index is 394. The number of hydrogen-bond donors (Lipinski definition) is 1. The minimum atomic E-state index is 0.232. The van der Waals surface area contributed by atoms with Gasteiger partial charge in [-0.2, -0.15) is 5.10 Å². The SMILES string of the molecule is CCn1cc(CNC[C@H]2CCO[C@@H]2C(C)(C)C)cn1. The van der Waals surface area contributed by atoms with Gasteiger partial charge in [-0.05, 0) is 18.8 Å². The van der Waals surface area contributed by atoms with E-state index >= 15 is 0 Å². The molecule has 2 rings (SSSR count). The van der Waals surface area contributed by atoms with Gasteiger partial charge < -0.3 is 10.1 Å². The summed E-state index contributed by atoms with van der Waals surface area (Å²) in [4.78, 5) is 0. The molecule has 0 saturated carbocycles. The molecule has 1 saturated heterocycles. The van der Waals surface area contributed by atoms with E-state index in [0.29, 0.717) is 12.0 Å². The fraction of sp³-hybridized carbons (Fsp3) is 0.800. The number of aryl methyl sites for hydroxylation is 1. The van der Waals surface area contributed by atoms with Gasteiger partial charge in [0.2, 0.25) is 0 Å². The third-order valence-electron chi connectivity index (χ3n) is 3.81. The molecule has 2 heterocycles. The molecule has 0 amide bonds. The second-order valence-electron chi connectivity index (χ2n) is 6.54. The van der Waals surface area contributed by atoms with E-state index < -0.39 is 0 Å². The van der Waals surface area contributed by atoms with Crippen LogP contribution in [0.2, 0.25) is 0 Å². The number of ether oxygens (including phenoxy) is 1. The van der Waals surface area contributed by atoms with Crippen LogP contribution in [0.3, 0.4) is 0 Å². The molecule has 1 aromatic rings. The van der Waals surface area contributed by atoms with E-state index in [4.69, 9.17) is 4.74 Å². The van der Waals surface area contributed by atoms with Crippen molar-refractivity contribution >= 4 is 0 Å². The standard InChI is InChI=1S/C15H27N3O/c1-5-18-11-12(9-17-18)8-16-10-13-6-7-19-14(13)15(2,3)4/h9,11,13-14,16H,5-8,10H2,1-4H3/t13-,14+/m1/s1. The summed E-state index contributed by atoms with van der Waals surface area (Å²) in [6.45, 7) is 12.7. The molecule has 2 atom stereocenters. The Morgan fingerprint density at radius 2 is 2.26 bits per heavy atom. The molecule has 108 valence electrons. The van der Waals surface area contributed by atoms with E-state index in [1.165, 1.54) is 12.0 Å². The lowest BCUT2D eigenvalue weighted by molar-refractivity contribution is 0.00721. The normalized spacial score (nSPS) is 24.0. The second-order valence-corrected chi connectivity index (χ2v) is 6.54. The number of hydrogen-bond acceptors (Lipinski definition) is 3. The van der Waals surface area contributed by atoms with Crippen molar-refractivity contribution in [1.29, 1.82) is 0 Å². The van der Waals surface area contributed by atoms with Crippen LogP contribution in [0.5, 0.6) is 0 Å². The number of nitrogens with zero attached hydrogens (tertiary/aromatic N) is 2. The first-order valence-corrected chi connectivity index (χ1v) is 7.34. The van der Waals surface area contributed by atoms with Crippen molar-refractivity contribution in [3.63, 3.8) is 0 Å². The van der Waals surface area contributed by atoms with Crippen LogP contribution in [0, 0.1) is 11.3 Å². The van der Waals surface area contributed by atoms with Crippen LogP contribution >= 0.6 is 0 Å². The monoisotopic (exact) mass is 265 g/mol. The third kappa shape index (κ3) is 3.80. The molecule has 1 aliphatic rings. The molecule has 19 heavy (non-hydrogen) atoms. The molecule has 1 N–H and O–H groups in total. The molecule has 0 unspecified atom stereocenters. The molecule has 0 aromatic carbocycles. The van der Waals surface area contributed by atoms with Crippen molar-refractivity contribution in [2.75, 3.05) is 13.2 Å². The van der Waals surface area contributed by atoms with Gasteiger partial charge in [0.1, 0.15) is 0 Å². The summed E-state index contributed by atoms with van der Waals surface area (Å²) in [6.07, 6.45) is 5.60. The lowest BCUT2D eigenvalue weighted by Gasteiger charge is -2.31. The van der Waals surface area contributed by atoms with Gasteiger partial charge in [-0.25, -0.2) is 0 Å². The van der Waals surface area contributed by atoms with Crippen LogP contribution in [0.1, 0.15) is 39.7 Å². The van der Waals surface area contributed by atoms with Gasteiger partial charge in [-0.3, -0.25) is 4.68 Å². The van der Waals surface area contributed by atoms with Gasteiger partial charge in [-0.1, -0.05) is 20.8 Å². The summed E-state index contributed by atoms with van der Waals surface area (Å²) in [7, 11) is 0. The Morgan fingerprint density at radius 3 is 2.89 bits per heavy atom. The second kappa shape index (κ2) is 6.06. The molecule has 4 nitrogen and oxygen atoms in total. The average Bonchev–Trinajstić information content (AvgIpc) is 2.96. The van der Waals surface area contributed by atoms with Gasteiger partial charge in [0.05, 0.1) is 12.3 Å². The first-order chi connectivity index (χ1) is 9.00. The third-order valence-corrected chi connectivity index (χ3v) is 3.81. The highest BCUT2D eigenvalue weighted by molar-refractivity contribution is 5.03. The van der Waals surface area contributed by atoms with Gasteiger partial charge in [0.25, 0.3) is 0 Å². The van der Waals surface area contributed by atoms with Crippen LogP contribution < -0.4 is 5.32 Å². The topological polar surface area (TPSA) is 39.1 Å². The largest absolute Gasteiger partial charge is 0.377 e. The van der Waals surface area contributed by atoms with Gasteiger partial charge >= 0.3 is 0 Å². The molecule has 4 heteroatoms. The van der Waals surface area contributed by atoms with E-state index in [2.05, 4.69) is 44.3 Å². The van der Waals surface area contributed by atoms with Crippen molar-refractivity contribution in [1.82, 2.24) is 15.1 Å². The van der Waals surface area contributed by atoms with Crippen LogP contribution in [0.4, 0.5) is 0 Å². The predicted octanol–water partition coefficient (Wildman–Crippen LogP) is 2.44. The van der Waals surface area contributed by atoms with E-state index in [-0.39, 0.29) is 5.41 Å². The number of nitrogens with one attached hydrogen (secondary N) is 1. The molecule has 1 aliphatic heterocycles. The van der Waals surface area contributed by atoms with Gasteiger partial charge in [0.15, 0.2) is 0 Å². The van der Waals surface area contributed by atoms with E-state index in [1.807, 2.05) is 10.9 Å². The zero-order valence-corrected chi connectivity index (χ0v) is 12.6. The fourth-order valence-corrected chi connectivity index (χ4v) is 2.87. The summed E-state index contributed by atoms with van der Waals surface area (Å²) in [5, 5.41) is 7.84. The zero-order chi connectivity index (χ0) is 13.9.